The average Bonchev–Trinajstić information content (AvgIpc) is 2.52. The molecular formula is C17H24ClN3O2. The average molecular weight is 338 g/mol. The van der Waals surface area contributed by atoms with Gasteiger partial charge in [0.05, 0.1) is 10.6 Å². The van der Waals surface area contributed by atoms with Gasteiger partial charge in [-0.1, -0.05) is 23.7 Å². The van der Waals surface area contributed by atoms with E-state index in [2.05, 4.69) is 10.2 Å². The van der Waals surface area contributed by atoms with Gasteiger partial charge in [0.25, 0.3) is 5.91 Å². The van der Waals surface area contributed by atoms with Crippen LogP contribution >= 0.6 is 11.6 Å². The number of piperidine rings is 1. The van der Waals surface area contributed by atoms with Crippen molar-refractivity contribution in [2.24, 2.45) is 5.92 Å². The Hall–Kier alpha value is -1.59. The molecule has 1 heterocycles. The molecule has 0 aliphatic carbocycles. The van der Waals surface area contributed by atoms with Crippen molar-refractivity contribution in [1.29, 1.82) is 0 Å². The number of hydrogen-bond acceptors (Lipinski definition) is 3. The molecule has 0 unspecified atom stereocenters. The van der Waals surface area contributed by atoms with E-state index in [1.54, 1.807) is 12.1 Å². The van der Waals surface area contributed by atoms with E-state index in [9.17, 15) is 9.59 Å². The van der Waals surface area contributed by atoms with Crippen LogP contribution in [0.15, 0.2) is 24.3 Å². The van der Waals surface area contributed by atoms with Gasteiger partial charge in [0.15, 0.2) is 0 Å². The number of hydrogen-bond donors (Lipinski definition) is 1. The van der Waals surface area contributed by atoms with Gasteiger partial charge in [-0.25, -0.2) is 0 Å². The number of carbonyl (C=O) groups excluding carboxylic acids is 2. The van der Waals surface area contributed by atoms with E-state index in [-0.39, 0.29) is 17.9 Å². The van der Waals surface area contributed by atoms with E-state index in [1.165, 1.54) is 6.92 Å². The first-order valence-electron chi connectivity index (χ1n) is 7.84. The van der Waals surface area contributed by atoms with E-state index in [1.807, 2.05) is 31.1 Å². The predicted molar refractivity (Wildman–Crippen MR) is 91.6 cm³/mol. The van der Waals surface area contributed by atoms with Crippen molar-refractivity contribution >= 4 is 23.4 Å². The fraction of sp³-hybridized carbons (Fsp3) is 0.529. The highest BCUT2D eigenvalue weighted by Crippen LogP contribution is 2.24. The molecule has 126 valence electrons. The minimum atomic E-state index is -0.0274. The lowest BCUT2D eigenvalue weighted by Crippen LogP contribution is -2.54. The van der Waals surface area contributed by atoms with Crippen LogP contribution in [0.25, 0.3) is 0 Å². The van der Waals surface area contributed by atoms with Crippen LogP contribution in [-0.2, 0) is 4.79 Å². The maximum Gasteiger partial charge on any atom is 0.255 e. The Morgan fingerprint density at radius 1 is 1.35 bits per heavy atom. The number of benzene rings is 1. The normalized spacial score (nSPS) is 21.3. The lowest BCUT2D eigenvalue weighted by atomic mass is 9.90. The summed E-state index contributed by atoms with van der Waals surface area (Å²) in [6.45, 7) is 3.49. The maximum atomic E-state index is 12.7. The van der Waals surface area contributed by atoms with Crippen LogP contribution in [0.1, 0.15) is 23.7 Å². The molecule has 0 spiro atoms. The third kappa shape index (κ3) is 4.45. The van der Waals surface area contributed by atoms with E-state index >= 15 is 0 Å². The fourth-order valence-corrected chi connectivity index (χ4v) is 3.28. The minimum Gasteiger partial charge on any atom is -0.356 e. The molecule has 2 rings (SSSR count). The van der Waals surface area contributed by atoms with Crippen molar-refractivity contribution in [3.05, 3.63) is 34.9 Å². The summed E-state index contributed by atoms with van der Waals surface area (Å²) >= 11 is 6.15. The standard InChI is InChI=1S/C17H24ClN3O2/c1-12(22)19-10-13-8-9-21(11-16(13)20(2)3)17(23)14-6-4-5-7-15(14)18/h4-7,13,16H,8-11H2,1-3H3,(H,19,22)/t13-,16-/m1/s1. The Kier molecular flexibility index (Phi) is 6.02. The molecule has 0 saturated carbocycles. The van der Waals surface area contributed by atoms with Gasteiger partial charge in [-0.15, -0.1) is 0 Å². The SMILES string of the molecule is CC(=O)NC[C@H]1CCN(C(=O)c2ccccc2Cl)C[C@H]1N(C)C. The van der Waals surface area contributed by atoms with Gasteiger partial charge in [0.1, 0.15) is 0 Å². The second-order valence-corrected chi connectivity index (χ2v) is 6.66. The summed E-state index contributed by atoms with van der Waals surface area (Å²) in [5.74, 6) is 0.293. The molecule has 1 saturated heterocycles. The van der Waals surface area contributed by atoms with Crippen LogP contribution in [0.4, 0.5) is 0 Å². The van der Waals surface area contributed by atoms with Crippen molar-refractivity contribution in [3.8, 4) is 0 Å². The van der Waals surface area contributed by atoms with Crippen LogP contribution in [0.2, 0.25) is 5.02 Å². The number of amides is 2. The van der Waals surface area contributed by atoms with Gasteiger partial charge in [-0.05, 0) is 38.6 Å². The topological polar surface area (TPSA) is 52.7 Å². The van der Waals surface area contributed by atoms with Gasteiger partial charge < -0.3 is 15.1 Å². The number of likely N-dealkylation sites (tertiary alicyclic amines) is 1. The van der Waals surface area contributed by atoms with Crippen molar-refractivity contribution in [3.63, 3.8) is 0 Å². The van der Waals surface area contributed by atoms with Crippen molar-refractivity contribution < 1.29 is 9.59 Å². The summed E-state index contributed by atoms with van der Waals surface area (Å²) in [7, 11) is 4.02. The van der Waals surface area contributed by atoms with Gasteiger partial charge in [-0.2, -0.15) is 0 Å². The molecule has 0 aromatic heterocycles. The highest BCUT2D eigenvalue weighted by molar-refractivity contribution is 6.33. The Balaban J connectivity index is 2.08. The van der Waals surface area contributed by atoms with Gasteiger partial charge >= 0.3 is 0 Å². The highest BCUT2D eigenvalue weighted by Gasteiger charge is 2.33. The lowest BCUT2D eigenvalue weighted by molar-refractivity contribution is -0.119. The highest BCUT2D eigenvalue weighted by atomic mass is 35.5. The summed E-state index contributed by atoms with van der Waals surface area (Å²) in [4.78, 5) is 27.8. The molecule has 1 aliphatic heterocycles. The van der Waals surface area contributed by atoms with Crippen molar-refractivity contribution in [2.75, 3.05) is 33.7 Å². The number of carbonyl (C=O) groups is 2. The summed E-state index contributed by atoms with van der Waals surface area (Å²) in [5, 5.41) is 3.38. The molecule has 5 nitrogen and oxygen atoms in total. The molecule has 1 aromatic carbocycles. The van der Waals surface area contributed by atoms with Crippen molar-refractivity contribution in [2.45, 2.75) is 19.4 Å². The molecule has 0 bridgehead atoms. The van der Waals surface area contributed by atoms with E-state index in [0.29, 0.717) is 36.1 Å². The molecule has 2 amide bonds. The van der Waals surface area contributed by atoms with Gasteiger partial charge in [0, 0.05) is 32.6 Å². The van der Waals surface area contributed by atoms with Crippen LogP contribution in [0, 0.1) is 5.92 Å². The number of likely N-dealkylation sites (N-methyl/N-ethyl adjacent to an activating group) is 1. The zero-order valence-electron chi connectivity index (χ0n) is 13.9. The smallest absolute Gasteiger partial charge is 0.255 e. The van der Waals surface area contributed by atoms with Crippen molar-refractivity contribution in [1.82, 2.24) is 15.1 Å². The molecule has 1 N–H and O–H groups in total. The quantitative estimate of drug-likeness (QED) is 0.912. The van der Waals surface area contributed by atoms with E-state index in [4.69, 9.17) is 11.6 Å². The summed E-state index contributed by atoms with van der Waals surface area (Å²) in [6, 6.07) is 7.36. The lowest BCUT2D eigenvalue weighted by Gasteiger charge is -2.42. The predicted octanol–water partition coefficient (Wildman–Crippen LogP) is 1.87. The zero-order valence-corrected chi connectivity index (χ0v) is 14.6. The van der Waals surface area contributed by atoms with E-state index < -0.39 is 0 Å². The maximum absolute atomic E-state index is 12.7. The molecule has 6 heteroatoms. The Bertz CT molecular complexity index is 577. The second-order valence-electron chi connectivity index (χ2n) is 6.25. The summed E-state index contributed by atoms with van der Waals surface area (Å²) in [6.07, 6.45) is 0.860. The first-order valence-corrected chi connectivity index (χ1v) is 8.22. The van der Waals surface area contributed by atoms with Gasteiger partial charge in [0.2, 0.25) is 5.91 Å². The zero-order chi connectivity index (χ0) is 17.0. The molecule has 1 fully saturated rings. The largest absolute Gasteiger partial charge is 0.356 e. The van der Waals surface area contributed by atoms with Crippen LogP contribution in [-0.4, -0.2) is 61.4 Å². The molecule has 1 aliphatic rings. The first kappa shape index (κ1) is 17.8. The Labute approximate surface area is 142 Å². The number of rotatable bonds is 4. The third-order valence-corrected chi connectivity index (χ3v) is 4.72. The van der Waals surface area contributed by atoms with Crippen LogP contribution in [0.3, 0.4) is 0 Å². The van der Waals surface area contributed by atoms with E-state index in [0.717, 1.165) is 6.42 Å². The van der Waals surface area contributed by atoms with Gasteiger partial charge in [-0.3, -0.25) is 9.59 Å². The summed E-state index contributed by atoms with van der Waals surface area (Å²) in [5.41, 5.74) is 0.548. The molecule has 2 atom stereocenters. The monoisotopic (exact) mass is 337 g/mol. The van der Waals surface area contributed by atoms with Crippen LogP contribution < -0.4 is 5.32 Å². The first-order chi connectivity index (χ1) is 10.9. The Morgan fingerprint density at radius 3 is 2.65 bits per heavy atom. The van der Waals surface area contributed by atoms with Crippen LogP contribution in [0.5, 0.6) is 0 Å². The molecule has 0 radical (unpaired) electrons. The fourth-order valence-electron chi connectivity index (χ4n) is 3.07. The number of nitrogens with one attached hydrogen (secondary N) is 1. The molecule has 1 aromatic rings. The summed E-state index contributed by atoms with van der Waals surface area (Å²) < 4.78 is 0. The second kappa shape index (κ2) is 7.79. The molecule has 23 heavy (non-hydrogen) atoms. The minimum absolute atomic E-state index is 0.0166. The number of halogens is 1. The molecular weight excluding hydrogens is 314 g/mol. The number of nitrogens with zero attached hydrogens (tertiary/aromatic N) is 2. The third-order valence-electron chi connectivity index (χ3n) is 4.39. The Morgan fingerprint density at radius 2 is 2.04 bits per heavy atom.